The summed E-state index contributed by atoms with van der Waals surface area (Å²) in [6.07, 6.45) is 0. The van der Waals surface area contributed by atoms with E-state index in [1.54, 1.807) is 6.92 Å². The normalized spacial score (nSPS) is 14.5. The Kier molecular flexibility index (Phi) is 4.35. The van der Waals surface area contributed by atoms with Crippen molar-refractivity contribution in [2.75, 3.05) is 5.75 Å². The maximum absolute atomic E-state index is 11.2. The lowest BCUT2D eigenvalue weighted by Crippen LogP contribution is -2.47. The van der Waals surface area contributed by atoms with Gasteiger partial charge in [-0.05, 0) is 12.8 Å². The van der Waals surface area contributed by atoms with Crippen LogP contribution in [0.5, 0.6) is 0 Å². The van der Waals surface area contributed by atoms with E-state index in [0.29, 0.717) is 0 Å². The molecule has 0 aromatic carbocycles. The number of amidine groups is 1. The number of hydrogen-bond donors (Lipinski definition) is 3. The maximum atomic E-state index is 11.2. The lowest BCUT2D eigenvalue weighted by Gasteiger charge is -2.20. The van der Waals surface area contributed by atoms with Crippen LogP contribution in [0.25, 0.3) is 0 Å². The average Bonchev–Trinajstić information content (AvgIpc) is 1.99. The third-order valence-electron chi connectivity index (χ3n) is 1.69. The van der Waals surface area contributed by atoms with Gasteiger partial charge >= 0.3 is 0 Å². The number of nitrogens with two attached hydrogens (primary N) is 1. The summed E-state index contributed by atoms with van der Waals surface area (Å²) in [4.78, 5) is 0. The van der Waals surface area contributed by atoms with Crippen molar-refractivity contribution in [3.8, 4) is 0 Å². The van der Waals surface area contributed by atoms with Gasteiger partial charge in [-0.15, -0.1) is 0 Å². The van der Waals surface area contributed by atoms with E-state index >= 15 is 0 Å². The van der Waals surface area contributed by atoms with Gasteiger partial charge in [0.05, 0.1) is 11.8 Å². The minimum absolute atomic E-state index is 0.00347. The van der Waals surface area contributed by atoms with Gasteiger partial charge in [-0.2, -0.15) is 0 Å². The second-order valence-electron chi connectivity index (χ2n) is 3.20. The smallest absolute Gasteiger partial charge is 0.211 e. The summed E-state index contributed by atoms with van der Waals surface area (Å²) in [6, 6.07) is -0.593. The molecule has 0 radical (unpaired) electrons. The van der Waals surface area contributed by atoms with Crippen LogP contribution in [0.3, 0.4) is 0 Å². The van der Waals surface area contributed by atoms with Crippen LogP contribution in [0.15, 0.2) is 0 Å². The molecular formula is C7H17N3O2S. The van der Waals surface area contributed by atoms with E-state index in [-0.39, 0.29) is 17.5 Å². The van der Waals surface area contributed by atoms with Crippen molar-refractivity contribution in [2.45, 2.75) is 26.8 Å². The Labute approximate surface area is 79.3 Å². The van der Waals surface area contributed by atoms with Gasteiger partial charge in [0.25, 0.3) is 0 Å². The standard InChI is InChI=1S/C7H17N3O2S/c1-4-13(11,12)10-6(5(2)3)7(8)9/h5-6,10H,4H2,1-3H3,(H3,8,9). The molecule has 0 aliphatic heterocycles. The van der Waals surface area contributed by atoms with Gasteiger partial charge in [-0.1, -0.05) is 13.8 Å². The second-order valence-corrected chi connectivity index (χ2v) is 5.24. The Morgan fingerprint density at radius 3 is 2.23 bits per heavy atom. The van der Waals surface area contributed by atoms with Gasteiger partial charge in [0.15, 0.2) is 0 Å². The molecule has 5 nitrogen and oxygen atoms in total. The van der Waals surface area contributed by atoms with E-state index < -0.39 is 16.1 Å². The number of hydrogen-bond acceptors (Lipinski definition) is 3. The Morgan fingerprint density at radius 2 is 2.00 bits per heavy atom. The Bertz CT molecular complexity index is 271. The van der Waals surface area contributed by atoms with E-state index in [4.69, 9.17) is 11.1 Å². The largest absolute Gasteiger partial charge is 0.386 e. The molecule has 0 saturated carbocycles. The summed E-state index contributed by atoms with van der Waals surface area (Å²) < 4.78 is 24.7. The van der Waals surface area contributed by atoms with Crippen LogP contribution < -0.4 is 10.5 Å². The highest BCUT2D eigenvalue weighted by Gasteiger charge is 2.21. The molecule has 0 heterocycles. The van der Waals surface area contributed by atoms with Gasteiger partial charge in [-0.3, -0.25) is 5.41 Å². The number of nitrogens with one attached hydrogen (secondary N) is 2. The van der Waals surface area contributed by atoms with E-state index in [9.17, 15) is 8.42 Å². The molecule has 0 aromatic heterocycles. The molecule has 78 valence electrons. The van der Waals surface area contributed by atoms with Crippen molar-refractivity contribution in [2.24, 2.45) is 11.7 Å². The second kappa shape index (κ2) is 4.57. The fourth-order valence-corrected chi connectivity index (χ4v) is 1.79. The highest BCUT2D eigenvalue weighted by Crippen LogP contribution is 2.02. The third kappa shape index (κ3) is 4.23. The maximum Gasteiger partial charge on any atom is 0.211 e. The average molecular weight is 207 g/mol. The van der Waals surface area contributed by atoms with Crippen LogP contribution >= 0.6 is 0 Å². The Morgan fingerprint density at radius 1 is 1.54 bits per heavy atom. The fourth-order valence-electron chi connectivity index (χ4n) is 0.835. The molecule has 1 atom stereocenters. The predicted octanol–water partition coefficient (Wildman–Crippen LogP) is -0.114. The van der Waals surface area contributed by atoms with Crippen LogP contribution in [-0.2, 0) is 10.0 Å². The first-order valence-corrected chi connectivity index (χ1v) is 5.79. The SMILES string of the molecule is CCS(=O)(=O)NC(C(=N)N)C(C)C. The van der Waals surface area contributed by atoms with E-state index in [1.165, 1.54) is 0 Å². The summed E-state index contributed by atoms with van der Waals surface area (Å²) >= 11 is 0. The zero-order valence-electron chi connectivity index (χ0n) is 8.16. The molecule has 6 heteroatoms. The van der Waals surface area contributed by atoms with Crippen molar-refractivity contribution in [1.29, 1.82) is 5.41 Å². The molecule has 13 heavy (non-hydrogen) atoms. The monoisotopic (exact) mass is 207 g/mol. The lowest BCUT2D eigenvalue weighted by atomic mass is 10.1. The minimum atomic E-state index is -3.28. The summed E-state index contributed by atoms with van der Waals surface area (Å²) in [5.74, 6) is -0.158. The van der Waals surface area contributed by atoms with E-state index in [2.05, 4.69) is 4.72 Å². The van der Waals surface area contributed by atoms with Gasteiger partial charge < -0.3 is 5.73 Å². The molecule has 0 amide bonds. The van der Waals surface area contributed by atoms with Crippen molar-refractivity contribution in [3.05, 3.63) is 0 Å². The lowest BCUT2D eigenvalue weighted by molar-refractivity contribution is 0.523. The minimum Gasteiger partial charge on any atom is -0.386 e. The molecule has 0 saturated heterocycles. The zero-order valence-corrected chi connectivity index (χ0v) is 8.98. The molecule has 1 unspecified atom stereocenters. The van der Waals surface area contributed by atoms with Crippen molar-refractivity contribution in [1.82, 2.24) is 4.72 Å². The zero-order chi connectivity index (χ0) is 10.6. The fraction of sp³-hybridized carbons (Fsp3) is 0.857. The van der Waals surface area contributed by atoms with Crippen LogP contribution in [0.2, 0.25) is 0 Å². The molecule has 0 aliphatic carbocycles. The summed E-state index contributed by atoms with van der Waals surface area (Å²) in [6.45, 7) is 5.16. The molecule has 0 aromatic rings. The van der Waals surface area contributed by atoms with E-state index in [0.717, 1.165) is 0 Å². The highest BCUT2D eigenvalue weighted by molar-refractivity contribution is 7.89. The molecule has 0 rings (SSSR count). The van der Waals surface area contributed by atoms with E-state index in [1.807, 2.05) is 13.8 Å². The summed E-state index contributed by atoms with van der Waals surface area (Å²) in [7, 11) is -3.28. The summed E-state index contributed by atoms with van der Waals surface area (Å²) in [5.41, 5.74) is 5.26. The van der Waals surface area contributed by atoms with Crippen LogP contribution in [0, 0.1) is 11.3 Å². The van der Waals surface area contributed by atoms with Gasteiger partial charge in [0.2, 0.25) is 10.0 Å². The molecule has 0 spiro atoms. The first-order chi connectivity index (χ1) is 5.80. The first kappa shape index (κ1) is 12.4. The van der Waals surface area contributed by atoms with Crippen molar-refractivity contribution in [3.63, 3.8) is 0 Å². The Hall–Kier alpha value is -0.620. The predicted molar refractivity (Wildman–Crippen MR) is 53.1 cm³/mol. The first-order valence-electron chi connectivity index (χ1n) is 4.14. The van der Waals surface area contributed by atoms with Crippen LogP contribution in [0.4, 0.5) is 0 Å². The molecule has 0 fully saturated rings. The number of rotatable bonds is 5. The highest BCUT2D eigenvalue weighted by atomic mass is 32.2. The van der Waals surface area contributed by atoms with Crippen LogP contribution in [0.1, 0.15) is 20.8 Å². The van der Waals surface area contributed by atoms with Gasteiger partial charge in [0, 0.05) is 0 Å². The topological polar surface area (TPSA) is 96.0 Å². The summed E-state index contributed by atoms with van der Waals surface area (Å²) in [5, 5.41) is 7.19. The van der Waals surface area contributed by atoms with Crippen LogP contribution in [-0.4, -0.2) is 26.0 Å². The molecule has 4 N–H and O–H groups in total. The third-order valence-corrected chi connectivity index (χ3v) is 3.06. The van der Waals surface area contributed by atoms with Crippen molar-refractivity contribution < 1.29 is 8.42 Å². The quantitative estimate of drug-likeness (QED) is 0.433. The van der Waals surface area contributed by atoms with Gasteiger partial charge in [-0.25, -0.2) is 13.1 Å². The number of sulfonamides is 1. The molecule has 0 aliphatic rings. The van der Waals surface area contributed by atoms with Crippen molar-refractivity contribution >= 4 is 15.9 Å². The molecule has 0 bridgehead atoms. The Balaban J connectivity index is 4.54. The van der Waals surface area contributed by atoms with Gasteiger partial charge in [0.1, 0.15) is 5.84 Å². The molecular weight excluding hydrogens is 190 g/mol.